The number of nitrogen functional groups attached to an aromatic ring is 1. The average Bonchev–Trinajstić information content (AvgIpc) is 2.75. The Labute approximate surface area is 105 Å². The van der Waals surface area contributed by atoms with Crippen LogP contribution in [0.2, 0.25) is 0 Å². The third-order valence-electron chi connectivity index (χ3n) is 2.59. The number of aromatic nitrogens is 2. The molecule has 0 aliphatic heterocycles. The minimum atomic E-state index is -0.466. The number of carbonyl (C=O) groups is 2. The number of amides is 1. The summed E-state index contributed by atoms with van der Waals surface area (Å²) in [5, 5.41) is 4.00. The number of esters is 1. The molecule has 1 aromatic heterocycles. The lowest BCUT2D eigenvalue weighted by Gasteiger charge is -2.20. The van der Waals surface area contributed by atoms with Crippen LogP contribution in [-0.2, 0) is 16.1 Å². The zero-order valence-electron chi connectivity index (χ0n) is 10.8. The molecule has 0 aromatic carbocycles. The molecule has 0 spiro atoms. The molecular weight excluding hydrogens is 236 g/mol. The Balaban J connectivity index is 2.96. The SMILES string of the molecule is CCN(CC(=O)OC)C(=O)c1c(N)cnn1CC. The average molecular weight is 254 g/mol. The third kappa shape index (κ3) is 2.79. The van der Waals surface area contributed by atoms with Gasteiger partial charge in [-0.3, -0.25) is 14.3 Å². The van der Waals surface area contributed by atoms with Crippen LogP contribution in [0.1, 0.15) is 24.3 Å². The van der Waals surface area contributed by atoms with Crippen molar-refractivity contribution in [1.29, 1.82) is 0 Å². The number of aryl methyl sites for hydroxylation is 1. The fourth-order valence-corrected chi connectivity index (χ4v) is 1.57. The molecule has 0 unspecified atom stereocenters. The van der Waals surface area contributed by atoms with Gasteiger partial charge >= 0.3 is 5.97 Å². The summed E-state index contributed by atoms with van der Waals surface area (Å²) >= 11 is 0. The van der Waals surface area contributed by atoms with Gasteiger partial charge in [-0.05, 0) is 13.8 Å². The Morgan fingerprint density at radius 3 is 2.67 bits per heavy atom. The van der Waals surface area contributed by atoms with E-state index in [1.165, 1.54) is 22.9 Å². The number of anilines is 1. The molecule has 2 N–H and O–H groups in total. The molecular formula is C11H18N4O3. The van der Waals surface area contributed by atoms with Crippen LogP contribution in [-0.4, -0.2) is 46.8 Å². The predicted octanol–water partition coefficient (Wildman–Crippen LogP) is 0.120. The second kappa shape index (κ2) is 6.04. The highest BCUT2D eigenvalue weighted by Gasteiger charge is 2.23. The van der Waals surface area contributed by atoms with Crippen LogP contribution < -0.4 is 5.73 Å². The molecule has 18 heavy (non-hydrogen) atoms. The van der Waals surface area contributed by atoms with E-state index >= 15 is 0 Å². The molecule has 0 radical (unpaired) electrons. The van der Waals surface area contributed by atoms with Crippen molar-refractivity contribution in [2.45, 2.75) is 20.4 Å². The maximum Gasteiger partial charge on any atom is 0.325 e. The molecule has 1 heterocycles. The molecule has 0 saturated heterocycles. The summed E-state index contributed by atoms with van der Waals surface area (Å²) in [5.74, 6) is -0.786. The molecule has 1 rings (SSSR count). The van der Waals surface area contributed by atoms with Gasteiger partial charge in [0.15, 0.2) is 0 Å². The minimum absolute atomic E-state index is 0.0971. The number of carbonyl (C=O) groups excluding carboxylic acids is 2. The summed E-state index contributed by atoms with van der Waals surface area (Å²) < 4.78 is 6.06. The highest BCUT2D eigenvalue weighted by molar-refractivity contribution is 5.98. The molecule has 1 amide bonds. The summed E-state index contributed by atoms with van der Waals surface area (Å²) in [4.78, 5) is 24.9. The zero-order chi connectivity index (χ0) is 13.7. The molecule has 7 nitrogen and oxygen atoms in total. The van der Waals surface area contributed by atoms with Crippen molar-refractivity contribution in [1.82, 2.24) is 14.7 Å². The van der Waals surface area contributed by atoms with Crippen LogP contribution in [0, 0.1) is 0 Å². The lowest BCUT2D eigenvalue weighted by Crippen LogP contribution is -2.37. The second-order valence-electron chi connectivity index (χ2n) is 3.66. The van der Waals surface area contributed by atoms with E-state index in [0.29, 0.717) is 24.5 Å². The van der Waals surface area contributed by atoms with E-state index in [-0.39, 0.29) is 12.5 Å². The smallest absolute Gasteiger partial charge is 0.325 e. The minimum Gasteiger partial charge on any atom is -0.468 e. The number of likely N-dealkylation sites (N-methyl/N-ethyl adjacent to an activating group) is 1. The fraction of sp³-hybridized carbons (Fsp3) is 0.545. The zero-order valence-corrected chi connectivity index (χ0v) is 10.8. The lowest BCUT2D eigenvalue weighted by molar-refractivity contribution is -0.141. The molecule has 7 heteroatoms. The van der Waals surface area contributed by atoms with Crippen molar-refractivity contribution in [3.63, 3.8) is 0 Å². The second-order valence-corrected chi connectivity index (χ2v) is 3.66. The van der Waals surface area contributed by atoms with Crippen LogP contribution >= 0.6 is 0 Å². The Kier molecular flexibility index (Phi) is 4.70. The van der Waals surface area contributed by atoms with Gasteiger partial charge in [-0.2, -0.15) is 5.10 Å². The van der Waals surface area contributed by atoms with E-state index in [4.69, 9.17) is 5.73 Å². The normalized spacial score (nSPS) is 10.2. The Bertz CT molecular complexity index is 441. The summed E-state index contributed by atoms with van der Waals surface area (Å²) in [5.41, 5.74) is 6.35. The maximum absolute atomic E-state index is 12.3. The van der Waals surface area contributed by atoms with Gasteiger partial charge in [0.1, 0.15) is 12.2 Å². The van der Waals surface area contributed by atoms with Gasteiger partial charge in [0.2, 0.25) is 0 Å². The van der Waals surface area contributed by atoms with Crippen LogP contribution in [0.3, 0.4) is 0 Å². The van der Waals surface area contributed by atoms with E-state index in [9.17, 15) is 9.59 Å². The molecule has 0 saturated carbocycles. The monoisotopic (exact) mass is 254 g/mol. The quantitative estimate of drug-likeness (QED) is 0.754. The van der Waals surface area contributed by atoms with Crippen molar-refractivity contribution >= 4 is 17.6 Å². The number of ether oxygens (including phenoxy) is 1. The molecule has 100 valence electrons. The number of rotatable bonds is 5. The highest BCUT2D eigenvalue weighted by Crippen LogP contribution is 2.13. The third-order valence-corrected chi connectivity index (χ3v) is 2.59. The Morgan fingerprint density at radius 1 is 1.50 bits per heavy atom. The van der Waals surface area contributed by atoms with Crippen molar-refractivity contribution in [2.75, 3.05) is 25.9 Å². The van der Waals surface area contributed by atoms with E-state index in [1.54, 1.807) is 6.92 Å². The van der Waals surface area contributed by atoms with Crippen LogP contribution in [0.4, 0.5) is 5.69 Å². The van der Waals surface area contributed by atoms with E-state index in [0.717, 1.165) is 0 Å². The van der Waals surface area contributed by atoms with Gasteiger partial charge in [-0.15, -0.1) is 0 Å². The summed E-state index contributed by atoms with van der Waals surface area (Å²) in [6, 6.07) is 0. The molecule has 0 aliphatic rings. The van der Waals surface area contributed by atoms with Gasteiger partial charge < -0.3 is 15.4 Å². The molecule has 0 aliphatic carbocycles. The Morgan fingerprint density at radius 2 is 2.17 bits per heavy atom. The molecule has 0 atom stereocenters. The first-order chi connectivity index (χ1) is 8.54. The van der Waals surface area contributed by atoms with Crippen LogP contribution in [0.5, 0.6) is 0 Å². The number of methoxy groups -OCH3 is 1. The van der Waals surface area contributed by atoms with Crippen molar-refractivity contribution in [3.8, 4) is 0 Å². The number of nitrogens with zero attached hydrogens (tertiary/aromatic N) is 3. The largest absolute Gasteiger partial charge is 0.468 e. The maximum atomic E-state index is 12.3. The first-order valence-corrected chi connectivity index (χ1v) is 5.72. The Hall–Kier alpha value is -2.05. The fourth-order valence-electron chi connectivity index (χ4n) is 1.57. The van der Waals surface area contributed by atoms with Crippen molar-refractivity contribution in [2.24, 2.45) is 0 Å². The van der Waals surface area contributed by atoms with E-state index < -0.39 is 5.97 Å². The molecule has 0 bridgehead atoms. The van der Waals surface area contributed by atoms with Crippen molar-refractivity contribution in [3.05, 3.63) is 11.9 Å². The molecule has 0 fully saturated rings. The van der Waals surface area contributed by atoms with E-state index in [2.05, 4.69) is 9.84 Å². The number of hydrogen-bond acceptors (Lipinski definition) is 5. The predicted molar refractivity (Wildman–Crippen MR) is 65.9 cm³/mol. The van der Waals surface area contributed by atoms with Gasteiger partial charge in [0.05, 0.1) is 19.0 Å². The topological polar surface area (TPSA) is 90.4 Å². The standard InChI is InChI=1S/C11H18N4O3/c1-4-14(7-9(16)18-3)11(17)10-8(12)6-13-15(10)5-2/h6H,4-5,7,12H2,1-3H3. The van der Waals surface area contributed by atoms with Gasteiger partial charge in [0.25, 0.3) is 5.91 Å². The summed E-state index contributed by atoms with van der Waals surface area (Å²) in [6.07, 6.45) is 1.43. The van der Waals surface area contributed by atoms with Gasteiger partial charge in [0, 0.05) is 13.1 Å². The summed E-state index contributed by atoms with van der Waals surface area (Å²) in [6.45, 7) is 4.47. The first-order valence-electron chi connectivity index (χ1n) is 5.72. The van der Waals surface area contributed by atoms with Gasteiger partial charge in [-0.25, -0.2) is 0 Å². The van der Waals surface area contributed by atoms with Crippen LogP contribution in [0.15, 0.2) is 6.20 Å². The number of hydrogen-bond donors (Lipinski definition) is 1. The van der Waals surface area contributed by atoms with Crippen LogP contribution in [0.25, 0.3) is 0 Å². The first kappa shape index (κ1) is 14.0. The number of nitrogens with two attached hydrogens (primary N) is 1. The highest BCUT2D eigenvalue weighted by atomic mass is 16.5. The summed E-state index contributed by atoms with van der Waals surface area (Å²) in [7, 11) is 1.28. The molecule has 1 aromatic rings. The lowest BCUT2D eigenvalue weighted by atomic mass is 10.3. The van der Waals surface area contributed by atoms with E-state index in [1.807, 2.05) is 6.92 Å². The van der Waals surface area contributed by atoms with Crippen molar-refractivity contribution < 1.29 is 14.3 Å². The van der Waals surface area contributed by atoms with Gasteiger partial charge in [-0.1, -0.05) is 0 Å².